The standard InChI is InChI=1S/C17H22N4O2S.ClH/c1-24(22,23)16-4-2-13(3-5-16)17-11-19-15(10-20-17)12-21-8-6-14(18)7-9-21;/h2-5,10-11,14H,6-9,12,18H2,1H3;1H. The Bertz CT molecular complexity index is 786. The van der Waals surface area contributed by atoms with Gasteiger partial charge in [0.05, 0.1) is 28.7 Å². The van der Waals surface area contributed by atoms with E-state index in [4.69, 9.17) is 5.73 Å². The molecule has 0 bridgehead atoms. The average molecular weight is 383 g/mol. The summed E-state index contributed by atoms with van der Waals surface area (Å²) in [6.07, 6.45) is 6.77. The highest BCUT2D eigenvalue weighted by Gasteiger charge is 2.16. The van der Waals surface area contributed by atoms with Crippen LogP contribution in [-0.4, -0.2) is 48.7 Å². The van der Waals surface area contributed by atoms with Crippen molar-refractivity contribution >= 4 is 22.2 Å². The molecular formula is C17H23ClN4O2S. The van der Waals surface area contributed by atoms with Gasteiger partial charge in [-0.25, -0.2) is 8.42 Å². The third-order valence-electron chi connectivity index (χ3n) is 4.30. The summed E-state index contributed by atoms with van der Waals surface area (Å²) in [7, 11) is -3.18. The quantitative estimate of drug-likeness (QED) is 0.868. The van der Waals surface area contributed by atoms with Gasteiger partial charge in [0, 0.05) is 37.5 Å². The smallest absolute Gasteiger partial charge is 0.175 e. The SMILES string of the molecule is CS(=O)(=O)c1ccc(-c2cnc(CN3CCC(N)CC3)cn2)cc1.Cl. The number of aromatic nitrogens is 2. The molecule has 2 heterocycles. The predicted molar refractivity (Wildman–Crippen MR) is 100 cm³/mol. The molecule has 1 aliphatic rings. The number of nitrogens with zero attached hydrogens (tertiary/aromatic N) is 3. The molecule has 1 fully saturated rings. The number of rotatable bonds is 4. The molecule has 0 atom stereocenters. The molecule has 0 saturated carbocycles. The Kier molecular flexibility index (Phi) is 6.51. The average Bonchev–Trinajstić information content (AvgIpc) is 2.57. The van der Waals surface area contributed by atoms with E-state index in [1.54, 1.807) is 36.7 Å². The van der Waals surface area contributed by atoms with E-state index in [0.29, 0.717) is 10.9 Å². The second kappa shape index (κ2) is 8.23. The monoisotopic (exact) mass is 382 g/mol. The summed E-state index contributed by atoms with van der Waals surface area (Å²) < 4.78 is 23.0. The summed E-state index contributed by atoms with van der Waals surface area (Å²) in [5, 5.41) is 0. The highest BCUT2D eigenvalue weighted by Crippen LogP contribution is 2.19. The zero-order chi connectivity index (χ0) is 17.2. The number of piperidine rings is 1. The van der Waals surface area contributed by atoms with E-state index >= 15 is 0 Å². The number of halogens is 1. The van der Waals surface area contributed by atoms with Crippen molar-refractivity contribution < 1.29 is 8.42 Å². The van der Waals surface area contributed by atoms with Gasteiger partial charge in [-0.15, -0.1) is 12.4 Å². The van der Waals surface area contributed by atoms with E-state index in [1.165, 1.54) is 6.26 Å². The molecule has 0 radical (unpaired) electrons. The van der Waals surface area contributed by atoms with Crippen LogP contribution in [0.4, 0.5) is 0 Å². The first-order valence-corrected chi connectivity index (χ1v) is 9.90. The molecule has 0 aliphatic carbocycles. The molecule has 2 aromatic rings. The molecule has 2 N–H and O–H groups in total. The Hall–Kier alpha value is -1.54. The minimum atomic E-state index is -3.18. The van der Waals surface area contributed by atoms with Crippen molar-refractivity contribution in [2.45, 2.75) is 30.3 Å². The summed E-state index contributed by atoms with van der Waals surface area (Å²) in [6.45, 7) is 2.78. The number of likely N-dealkylation sites (tertiary alicyclic amines) is 1. The third kappa shape index (κ3) is 5.22. The molecule has 1 saturated heterocycles. The van der Waals surface area contributed by atoms with Crippen LogP contribution in [0.2, 0.25) is 0 Å². The van der Waals surface area contributed by atoms with Gasteiger partial charge < -0.3 is 5.73 Å². The van der Waals surface area contributed by atoms with Gasteiger partial charge in [-0.1, -0.05) is 12.1 Å². The Morgan fingerprint density at radius 3 is 2.28 bits per heavy atom. The lowest BCUT2D eigenvalue weighted by atomic mass is 10.1. The van der Waals surface area contributed by atoms with E-state index in [2.05, 4.69) is 14.9 Å². The Labute approximate surface area is 154 Å². The highest BCUT2D eigenvalue weighted by molar-refractivity contribution is 7.90. The molecule has 25 heavy (non-hydrogen) atoms. The second-order valence-corrected chi connectivity index (χ2v) is 8.32. The first kappa shape index (κ1) is 19.8. The molecule has 0 spiro atoms. The topological polar surface area (TPSA) is 89.2 Å². The Morgan fingerprint density at radius 2 is 1.76 bits per heavy atom. The first-order chi connectivity index (χ1) is 11.4. The summed E-state index contributed by atoms with van der Waals surface area (Å²) in [5.41, 5.74) is 8.44. The fourth-order valence-corrected chi connectivity index (χ4v) is 3.43. The van der Waals surface area contributed by atoms with E-state index in [-0.39, 0.29) is 12.4 Å². The fourth-order valence-electron chi connectivity index (χ4n) is 2.80. The van der Waals surface area contributed by atoms with Gasteiger partial charge in [0.2, 0.25) is 0 Å². The maximum absolute atomic E-state index is 11.5. The Balaban J connectivity index is 0.00000225. The predicted octanol–water partition coefficient (Wildman–Crippen LogP) is 1.89. The van der Waals surface area contributed by atoms with Gasteiger partial charge in [-0.3, -0.25) is 14.9 Å². The third-order valence-corrected chi connectivity index (χ3v) is 5.43. The largest absolute Gasteiger partial charge is 0.328 e. The van der Waals surface area contributed by atoms with Crippen LogP contribution in [0.1, 0.15) is 18.5 Å². The lowest BCUT2D eigenvalue weighted by molar-refractivity contribution is 0.203. The van der Waals surface area contributed by atoms with E-state index in [1.807, 2.05) is 0 Å². The number of benzene rings is 1. The van der Waals surface area contributed by atoms with Gasteiger partial charge in [-0.2, -0.15) is 0 Å². The van der Waals surface area contributed by atoms with Crippen molar-refractivity contribution in [3.05, 3.63) is 42.4 Å². The van der Waals surface area contributed by atoms with Crippen molar-refractivity contribution in [3.8, 4) is 11.3 Å². The van der Waals surface area contributed by atoms with E-state index in [9.17, 15) is 8.42 Å². The van der Waals surface area contributed by atoms with Gasteiger partial charge in [0.25, 0.3) is 0 Å². The van der Waals surface area contributed by atoms with Gasteiger partial charge in [-0.05, 0) is 25.0 Å². The zero-order valence-corrected chi connectivity index (χ0v) is 15.8. The van der Waals surface area contributed by atoms with Crippen LogP contribution in [0.25, 0.3) is 11.3 Å². The number of sulfone groups is 1. The minimum Gasteiger partial charge on any atom is -0.328 e. The molecule has 8 heteroatoms. The minimum absolute atomic E-state index is 0. The molecular weight excluding hydrogens is 360 g/mol. The van der Waals surface area contributed by atoms with Crippen LogP contribution in [0.15, 0.2) is 41.6 Å². The van der Waals surface area contributed by atoms with Gasteiger partial charge in [0.1, 0.15) is 0 Å². The lowest BCUT2D eigenvalue weighted by Crippen LogP contribution is -2.39. The highest BCUT2D eigenvalue weighted by atomic mass is 35.5. The molecule has 136 valence electrons. The summed E-state index contributed by atoms with van der Waals surface area (Å²) in [4.78, 5) is 11.6. The van der Waals surface area contributed by atoms with Crippen molar-refractivity contribution in [2.75, 3.05) is 19.3 Å². The van der Waals surface area contributed by atoms with Crippen LogP contribution >= 0.6 is 12.4 Å². The van der Waals surface area contributed by atoms with Crippen LogP contribution in [0, 0.1) is 0 Å². The lowest BCUT2D eigenvalue weighted by Gasteiger charge is -2.29. The number of nitrogens with two attached hydrogens (primary N) is 1. The molecule has 1 aliphatic heterocycles. The molecule has 3 rings (SSSR count). The maximum atomic E-state index is 11.5. The molecule has 1 aromatic heterocycles. The van der Waals surface area contributed by atoms with Crippen LogP contribution in [-0.2, 0) is 16.4 Å². The van der Waals surface area contributed by atoms with Gasteiger partial charge >= 0.3 is 0 Å². The molecule has 0 unspecified atom stereocenters. The summed E-state index contributed by atoms with van der Waals surface area (Å²) in [6, 6.07) is 7.02. The molecule has 6 nitrogen and oxygen atoms in total. The van der Waals surface area contributed by atoms with Crippen LogP contribution in [0.3, 0.4) is 0 Å². The van der Waals surface area contributed by atoms with Crippen molar-refractivity contribution in [3.63, 3.8) is 0 Å². The fraction of sp³-hybridized carbons (Fsp3) is 0.412. The zero-order valence-electron chi connectivity index (χ0n) is 14.1. The number of hydrogen-bond acceptors (Lipinski definition) is 6. The van der Waals surface area contributed by atoms with Crippen molar-refractivity contribution in [1.29, 1.82) is 0 Å². The normalized spacial score (nSPS) is 16.4. The Morgan fingerprint density at radius 1 is 1.12 bits per heavy atom. The maximum Gasteiger partial charge on any atom is 0.175 e. The van der Waals surface area contributed by atoms with Crippen molar-refractivity contribution in [1.82, 2.24) is 14.9 Å². The van der Waals surface area contributed by atoms with E-state index in [0.717, 1.165) is 49.4 Å². The summed E-state index contributed by atoms with van der Waals surface area (Å²) >= 11 is 0. The summed E-state index contributed by atoms with van der Waals surface area (Å²) in [5.74, 6) is 0. The first-order valence-electron chi connectivity index (χ1n) is 8.01. The molecule has 1 aromatic carbocycles. The van der Waals surface area contributed by atoms with Crippen LogP contribution < -0.4 is 5.73 Å². The number of hydrogen-bond donors (Lipinski definition) is 1. The van der Waals surface area contributed by atoms with Gasteiger partial charge in [0.15, 0.2) is 9.84 Å². The molecule has 0 amide bonds. The van der Waals surface area contributed by atoms with Crippen LogP contribution in [0.5, 0.6) is 0 Å². The van der Waals surface area contributed by atoms with Crippen molar-refractivity contribution in [2.24, 2.45) is 5.73 Å². The van der Waals surface area contributed by atoms with E-state index < -0.39 is 9.84 Å². The second-order valence-electron chi connectivity index (χ2n) is 6.30.